The molecule has 0 spiro atoms. The minimum absolute atomic E-state index is 0.698. The zero-order valence-electron chi connectivity index (χ0n) is 10.5. The summed E-state index contributed by atoms with van der Waals surface area (Å²) >= 11 is 1.88. The van der Waals surface area contributed by atoms with Crippen molar-refractivity contribution in [2.24, 2.45) is 4.99 Å². The van der Waals surface area contributed by atoms with E-state index in [9.17, 15) is 0 Å². The third-order valence-electron chi connectivity index (χ3n) is 2.56. The number of rotatable bonds is 8. The van der Waals surface area contributed by atoms with Crippen LogP contribution in [0.4, 0.5) is 0 Å². The lowest BCUT2D eigenvalue weighted by atomic mass is 10.3. The van der Waals surface area contributed by atoms with Gasteiger partial charge in [0.1, 0.15) is 0 Å². The highest BCUT2D eigenvalue weighted by Gasteiger charge is 2.16. The van der Waals surface area contributed by atoms with E-state index in [1.54, 1.807) is 0 Å². The first-order chi connectivity index (χ1) is 7.86. The van der Waals surface area contributed by atoms with Crippen molar-refractivity contribution in [1.82, 2.24) is 5.32 Å². The Bertz CT molecular complexity index is 209. The molecule has 16 heavy (non-hydrogen) atoms. The standard InChI is InChI=1S/C12H24N2OS/c1-3-5-8-15-9-6-7-13-12-14-10-11(4-2)16-12/h11H,3-10H2,1-2H3,(H,13,14). The lowest BCUT2D eigenvalue weighted by Gasteiger charge is -2.07. The lowest BCUT2D eigenvalue weighted by Crippen LogP contribution is -2.21. The number of aliphatic imine (C=N–C) groups is 1. The highest BCUT2D eigenvalue weighted by atomic mass is 32.2. The fraction of sp³-hybridized carbons (Fsp3) is 0.917. The first kappa shape index (κ1) is 13.8. The summed E-state index contributed by atoms with van der Waals surface area (Å²) in [7, 11) is 0. The van der Waals surface area contributed by atoms with Gasteiger partial charge in [-0.1, -0.05) is 32.0 Å². The predicted molar refractivity (Wildman–Crippen MR) is 72.3 cm³/mol. The van der Waals surface area contributed by atoms with Gasteiger partial charge in [0.25, 0.3) is 0 Å². The molecule has 0 radical (unpaired) electrons. The largest absolute Gasteiger partial charge is 0.381 e. The third kappa shape index (κ3) is 5.75. The van der Waals surface area contributed by atoms with Crippen LogP contribution in [-0.2, 0) is 4.74 Å². The van der Waals surface area contributed by atoms with Crippen LogP contribution in [-0.4, -0.2) is 36.7 Å². The van der Waals surface area contributed by atoms with Crippen LogP contribution in [0.2, 0.25) is 0 Å². The Morgan fingerprint density at radius 3 is 2.88 bits per heavy atom. The van der Waals surface area contributed by atoms with Gasteiger partial charge in [0.05, 0.1) is 6.54 Å². The molecule has 0 aromatic rings. The van der Waals surface area contributed by atoms with Crippen molar-refractivity contribution in [2.45, 2.75) is 44.8 Å². The quantitative estimate of drug-likeness (QED) is 0.666. The highest BCUT2D eigenvalue weighted by molar-refractivity contribution is 8.14. The van der Waals surface area contributed by atoms with Crippen molar-refractivity contribution in [1.29, 1.82) is 0 Å². The topological polar surface area (TPSA) is 33.6 Å². The predicted octanol–water partition coefficient (Wildman–Crippen LogP) is 2.66. The number of amidine groups is 1. The molecule has 0 amide bonds. The molecule has 1 aliphatic rings. The second kappa shape index (κ2) is 8.88. The molecule has 1 unspecified atom stereocenters. The Balaban J connectivity index is 1.88. The first-order valence-corrected chi connectivity index (χ1v) is 7.27. The normalized spacial score (nSPS) is 19.9. The SMILES string of the molecule is CCCCOCCCNC1=NCC(CC)S1. The molecule has 3 nitrogen and oxygen atoms in total. The van der Waals surface area contributed by atoms with Gasteiger partial charge >= 0.3 is 0 Å². The number of thioether (sulfide) groups is 1. The van der Waals surface area contributed by atoms with Crippen molar-refractivity contribution in [3.8, 4) is 0 Å². The Labute approximate surface area is 103 Å². The lowest BCUT2D eigenvalue weighted by molar-refractivity contribution is 0.129. The summed E-state index contributed by atoms with van der Waals surface area (Å²) in [6.45, 7) is 8.14. The van der Waals surface area contributed by atoms with Crippen molar-refractivity contribution in [3.63, 3.8) is 0 Å². The number of hydrogen-bond acceptors (Lipinski definition) is 4. The maximum absolute atomic E-state index is 5.49. The van der Waals surface area contributed by atoms with Crippen molar-refractivity contribution < 1.29 is 4.74 Å². The van der Waals surface area contributed by atoms with E-state index in [1.807, 2.05) is 11.8 Å². The van der Waals surface area contributed by atoms with Crippen LogP contribution in [0.5, 0.6) is 0 Å². The van der Waals surface area contributed by atoms with Crippen molar-refractivity contribution in [3.05, 3.63) is 0 Å². The Morgan fingerprint density at radius 1 is 1.38 bits per heavy atom. The zero-order valence-corrected chi connectivity index (χ0v) is 11.3. The van der Waals surface area contributed by atoms with Crippen LogP contribution in [0.3, 0.4) is 0 Å². The molecule has 0 bridgehead atoms. The van der Waals surface area contributed by atoms with E-state index < -0.39 is 0 Å². The highest BCUT2D eigenvalue weighted by Crippen LogP contribution is 2.21. The average Bonchev–Trinajstić information content (AvgIpc) is 2.76. The molecule has 0 fully saturated rings. The van der Waals surface area contributed by atoms with E-state index in [0.717, 1.165) is 37.9 Å². The molecule has 0 saturated heterocycles. The summed E-state index contributed by atoms with van der Waals surface area (Å²) in [6, 6.07) is 0. The molecule has 0 saturated carbocycles. The van der Waals surface area contributed by atoms with Crippen LogP contribution in [0.25, 0.3) is 0 Å². The average molecular weight is 244 g/mol. The molecule has 0 aliphatic carbocycles. The van der Waals surface area contributed by atoms with E-state index >= 15 is 0 Å². The molecule has 0 aromatic carbocycles. The maximum Gasteiger partial charge on any atom is 0.156 e. The van der Waals surface area contributed by atoms with E-state index in [0.29, 0.717) is 5.25 Å². The second-order valence-electron chi connectivity index (χ2n) is 4.04. The Kier molecular flexibility index (Phi) is 7.68. The fourth-order valence-corrected chi connectivity index (χ4v) is 2.41. The monoisotopic (exact) mass is 244 g/mol. The van der Waals surface area contributed by atoms with Gasteiger partial charge in [0, 0.05) is 25.0 Å². The van der Waals surface area contributed by atoms with Gasteiger partial charge in [-0.15, -0.1) is 0 Å². The molecule has 1 heterocycles. The van der Waals surface area contributed by atoms with E-state index in [2.05, 4.69) is 24.2 Å². The number of nitrogens with zero attached hydrogens (tertiary/aromatic N) is 1. The zero-order chi connectivity index (χ0) is 11.6. The van der Waals surface area contributed by atoms with Crippen molar-refractivity contribution >= 4 is 16.9 Å². The molecule has 1 N–H and O–H groups in total. The summed E-state index contributed by atoms with van der Waals surface area (Å²) < 4.78 is 5.49. The summed E-state index contributed by atoms with van der Waals surface area (Å²) in [5.74, 6) is 0. The van der Waals surface area contributed by atoms with E-state index in [4.69, 9.17) is 4.74 Å². The van der Waals surface area contributed by atoms with Crippen LogP contribution in [0.1, 0.15) is 39.5 Å². The van der Waals surface area contributed by atoms with Gasteiger partial charge in [0.15, 0.2) is 5.17 Å². The summed E-state index contributed by atoms with van der Waals surface area (Å²) in [4.78, 5) is 4.46. The van der Waals surface area contributed by atoms with Gasteiger partial charge in [-0.2, -0.15) is 0 Å². The van der Waals surface area contributed by atoms with Gasteiger partial charge in [-0.05, 0) is 19.3 Å². The maximum atomic E-state index is 5.49. The fourth-order valence-electron chi connectivity index (χ4n) is 1.45. The van der Waals surface area contributed by atoms with E-state index in [1.165, 1.54) is 19.3 Å². The number of nitrogens with one attached hydrogen (secondary N) is 1. The summed E-state index contributed by atoms with van der Waals surface area (Å²) in [5, 5.41) is 5.19. The molecule has 94 valence electrons. The molecule has 4 heteroatoms. The molecule has 1 atom stereocenters. The number of hydrogen-bond donors (Lipinski definition) is 1. The van der Waals surface area contributed by atoms with Crippen LogP contribution in [0, 0.1) is 0 Å². The molecule has 0 aromatic heterocycles. The second-order valence-corrected chi connectivity index (χ2v) is 5.33. The molecular formula is C12H24N2OS. The van der Waals surface area contributed by atoms with Crippen LogP contribution < -0.4 is 5.32 Å². The van der Waals surface area contributed by atoms with Gasteiger partial charge < -0.3 is 10.1 Å². The van der Waals surface area contributed by atoms with Gasteiger partial charge in [-0.25, -0.2) is 0 Å². The van der Waals surface area contributed by atoms with Gasteiger partial charge in [0.2, 0.25) is 0 Å². The molecular weight excluding hydrogens is 220 g/mol. The molecule has 1 rings (SSSR count). The number of unbranched alkanes of at least 4 members (excludes halogenated alkanes) is 1. The third-order valence-corrected chi connectivity index (χ3v) is 3.87. The van der Waals surface area contributed by atoms with Gasteiger partial charge in [-0.3, -0.25) is 4.99 Å². The summed E-state index contributed by atoms with van der Waals surface area (Å²) in [6.07, 6.45) is 4.66. The smallest absolute Gasteiger partial charge is 0.156 e. The minimum atomic E-state index is 0.698. The minimum Gasteiger partial charge on any atom is -0.381 e. The summed E-state index contributed by atoms with van der Waals surface area (Å²) in [5.41, 5.74) is 0. The van der Waals surface area contributed by atoms with Crippen LogP contribution in [0.15, 0.2) is 4.99 Å². The Hall–Kier alpha value is -0.220. The first-order valence-electron chi connectivity index (χ1n) is 6.39. The molecule has 1 aliphatic heterocycles. The van der Waals surface area contributed by atoms with Crippen LogP contribution >= 0.6 is 11.8 Å². The number of ether oxygens (including phenoxy) is 1. The Morgan fingerprint density at radius 2 is 2.19 bits per heavy atom. The van der Waals surface area contributed by atoms with E-state index in [-0.39, 0.29) is 0 Å². The van der Waals surface area contributed by atoms with Crippen molar-refractivity contribution in [2.75, 3.05) is 26.3 Å².